The summed E-state index contributed by atoms with van der Waals surface area (Å²) in [6.07, 6.45) is 1.36. The summed E-state index contributed by atoms with van der Waals surface area (Å²) in [5, 5.41) is 30.3. The minimum Gasteiger partial charge on any atom is -0.440 e. The zero-order chi connectivity index (χ0) is 21.1. The molecule has 0 spiro atoms. The normalized spacial score (nSPS) is 15.4. The minimum atomic E-state index is -0.906. The van der Waals surface area contributed by atoms with E-state index in [0.717, 1.165) is 6.42 Å². The van der Waals surface area contributed by atoms with E-state index in [1.807, 2.05) is 13.0 Å². The summed E-state index contributed by atoms with van der Waals surface area (Å²) in [7, 11) is 0. The minimum absolute atomic E-state index is 0.00823. The van der Waals surface area contributed by atoms with Crippen LogP contribution in [0.25, 0.3) is 0 Å². The number of rotatable bonds is 6. The molecular weight excluding hydrogens is 376 g/mol. The van der Waals surface area contributed by atoms with Gasteiger partial charge in [-0.15, -0.1) is 0 Å². The number of allylic oxidation sites excluding steroid dienone is 1. The maximum absolute atomic E-state index is 13.3. The Morgan fingerprint density at radius 3 is 2.79 bits per heavy atom. The molecule has 1 unspecified atom stereocenters. The van der Waals surface area contributed by atoms with E-state index in [1.54, 1.807) is 12.1 Å². The van der Waals surface area contributed by atoms with Crippen molar-refractivity contribution in [2.75, 3.05) is 6.61 Å². The number of non-ortho nitro benzene ring substituents is 1. The molecule has 0 saturated heterocycles. The highest BCUT2D eigenvalue weighted by Crippen LogP contribution is 2.41. The van der Waals surface area contributed by atoms with Crippen LogP contribution in [0.4, 0.5) is 5.69 Å². The largest absolute Gasteiger partial charge is 0.440 e. The van der Waals surface area contributed by atoms with E-state index < -0.39 is 16.4 Å². The number of nitro benzene ring substituents is 1. The van der Waals surface area contributed by atoms with Crippen molar-refractivity contribution in [2.24, 2.45) is 5.73 Å². The van der Waals surface area contributed by atoms with E-state index in [2.05, 4.69) is 0 Å². The average molecular weight is 396 g/mol. The number of nitrogens with zero attached hydrogens (tertiary/aromatic N) is 3. The molecule has 0 saturated carbocycles. The highest BCUT2D eigenvalue weighted by Gasteiger charge is 2.35. The topological polar surface area (TPSA) is 144 Å². The second-order valence-electron chi connectivity index (χ2n) is 6.62. The van der Waals surface area contributed by atoms with Crippen molar-refractivity contribution in [2.45, 2.75) is 32.2 Å². The van der Waals surface area contributed by atoms with Crippen molar-refractivity contribution in [3.05, 3.63) is 79.1 Å². The number of nitro groups is 1. The molecule has 150 valence electrons. The zero-order valence-electron chi connectivity index (χ0n) is 15.8. The lowest BCUT2D eigenvalue weighted by molar-refractivity contribution is -0.384. The van der Waals surface area contributed by atoms with Gasteiger partial charge in [-0.3, -0.25) is 14.9 Å². The van der Waals surface area contributed by atoms with Crippen LogP contribution in [-0.4, -0.2) is 21.2 Å². The number of nitriles is 1. The fourth-order valence-corrected chi connectivity index (χ4v) is 3.58. The highest BCUT2D eigenvalue weighted by molar-refractivity contribution is 5.56. The molecule has 0 bridgehead atoms. The number of hydrogen-bond acceptors (Lipinski definition) is 7. The summed E-state index contributed by atoms with van der Waals surface area (Å²) in [6, 6.07) is 9.40. The predicted molar refractivity (Wildman–Crippen MR) is 104 cm³/mol. The second kappa shape index (κ2) is 8.16. The first-order valence-electron chi connectivity index (χ1n) is 9.12. The van der Waals surface area contributed by atoms with Crippen molar-refractivity contribution in [1.29, 1.82) is 5.26 Å². The molecule has 0 aliphatic carbocycles. The number of aliphatic hydroxyl groups is 1. The molecule has 1 aromatic heterocycles. The van der Waals surface area contributed by atoms with Crippen LogP contribution in [-0.2, 0) is 13.0 Å². The van der Waals surface area contributed by atoms with Gasteiger partial charge in [0.2, 0.25) is 5.88 Å². The van der Waals surface area contributed by atoms with Gasteiger partial charge in [-0.25, -0.2) is 0 Å². The Morgan fingerprint density at radius 2 is 2.17 bits per heavy atom. The number of aromatic nitrogens is 1. The number of ether oxygens (including phenoxy) is 1. The van der Waals surface area contributed by atoms with Gasteiger partial charge in [0.1, 0.15) is 17.4 Å². The lowest BCUT2D eigenvalue weighted by Crippen LogP contribution is -2.34. The highest BCUT2D eigenvalue weighted by atomic mass is 16.6. The molecular formula is C20H20N4O5. The molecule has 0 radical (unpaired) electrons. The third-order valence-electron chi connectivity index (χ3n) is 4.81. The van der Waals surface area contributed by atoms with Crippen LogP contribution < -0.4 is 16.0 Å². The lowest BCUT2D eigenvalue weighted by atomic mass is 9.83. The Bertz CT molecular complexity index is 1100. The van der Waals surface area contributed by atoms with Gasteiger partial charge in [0.25, 0.3) is 11.2 Å². The number of aryl methyl sites for hydroxylation is 1. The Hall–Kier alpha value is -3.64. The monoisotopic (exact) mass is 396 g/mol. The third kappa shape index (κ3) is 3.58. The zero-order valence-corrected chi connectivity index (χ0v) is 15.8. The molecule has 29 heavy (non-hydrogen) atoms. The predicted octanol–water partition coefficient (Wildman–Crippen LogP) is 1.92. The van der Waals surface area contributed by atoms with Gasteiger partial charge >= 0.3 is 0 Å². The maximum atomic E-state index is 13.3. The first-order chi connectivity index (χ1) is 13.9. The Morgan fingerprint density at radius 1 is 1.41 bits per heavy atom. The van der Waals surface area contributed by atoms with Crippen molar-refractivity contribution >= 4 is 5.69 Å². The molecule has 0 fully saturated rings. The summed E-state index contributed by atoms with van der Waals surface area (Å²) in [5.41, 5.74) is 6.62. The Labute approximate surface area is 166 Å². The van der Waals surface area contributed by atoms with Crippen molar-refractivity contribution < 1.29 is 14.8 Å². The smallest absolute Gasteiger partial charge is 0.269 e. The molecule has 0 amide bonds. The van der Waals surface area contributed by atoms with Crippen LogP contribution in [0.5, 0.6) is 5.75 Å². The summed E-state index contributed by atoms with van der Waals surface area (Å²) in [6.45, 7) is 1.81. The molecule has 2 heterocycles. The molecule has 1 aliphatic heterocycles. The van der Waals surface area contributed by atoms with Crippen molar-refractivity contribution in [3.8, 4) is 11.8 Å². The average Bonchev–Trinajstić information content (AvgIpc) is 2.70. The fourth-order valence-electron chi connectivity index (χ4n) is 3.58. The molecule has 3 rings (SSSR count). The molecule has 1 aromatic carbocycles. The quantitative estimate of drug-likeness (QED) is 0.560. The number of hydrogen-bond donors (Lipinski definition) is 2. The van der Waals surface area contributed by atoms with Gasteiger partial charge in [0.15, 0.2) is 0 Å². The molecule has 1 atom stereocenters. The molecule has 9 nitrogen and oxygen atoms in total. The van der Waals surface area contributed by atoms with Gasteiger partial charge in [0.05, 0.1) is 23.0 Å². The molecule has 2 aromatic rings. The Kier molecular flexibility index (Phi) is 5.66. The summed E-state index contributed by atoms with van der Waals surface area (Å²) in [5.74, 6) is -0.823. The van der Waals surface area contributed by atoms with Gasteiger partial charge < -0.3 is 20.1 Å². The first kappa shape index (κ1) is 20.1. The van der Waals surface area contributed by atoms with E-state index in [9.17, 15) is 25.3 Å². The van der Waals surface area contributed by atoms with E-state index in [4.69, 9.17) is 10.5 Å². The fraction of sp³-hybridized carbons (Fsp3) is 0.300. The SMILES string of the molecule is CCCc1cc2c(c(=O)n1CCO)C(c1cccc([N+](=O)[O-])c1)C(C#N)=C(N)O2. The third-order valence-corrected chi connectivity index (χ3v) is 4.81. The number of pyridine rings is 1. The summed E-state index contributed by atoms with van der Waals surface area (Å²) in [4.78, 5) is 24.0. The number of aliphatic hydroxyl groups excluding tert-OH is 1. The van der Waals surface area contributed by atoms with Gasteiger partial charge in [-0.1, -0.05) is 25.5 Å². The maximum Gasteiger partial charge on any atom is 0.269 e. The Balaban J connectivity index is 2.31. The van der Waals surface area contributed by atoms with Gasteiger partial charge in [-0.2, -0.15) is 5.26 Å². The lowest BCUT2D eigenvalue weighted by Gasteiger charge is -2.27. The van der Waals surface area contributed by atoms with Crippen LogP contribution in [0.15, 0.2) is 46.6 Å². The van der Waals surface area contributed by atoms with Crippen LogP contribution in [0.3, 0.4) is 0 Å². The summed E-state index contributed by atoms with van der Waals surface area (Å²) >= 11 is 0. The van der Waals surface area contributed by atoms with Gasteiger partial charge in [0, 0.05) is 30.4 Å². The number of nitrogens with two attached hydrogens (primary N) is 1. The van der Waals surface area contributed by atoms with E-state index in [0.29, 0.717) is 17.7 Å². The van der Waals surface area contributed by atoms with Crippen LogP contribution in [0.1, 0.15) is 36.1 Å². The van der Waals surface area contributed by atoms with Crippen molar-refractivity contribution in [3.63, 3.8) is 0 Å². The van der Waals surface area contributed by atoms with E-state index in [1.165, 1.54) is 22.8 Å². The number of benzene rings is 1. The van der Waals surface area contributed by atoms with Crippen LogP contribution >= 0.6 is 0 Å². The van der Waals surface area contributed by atoms with Crippen molar-refractivity contribution in [1.82, 2.24) is 4.57 Å². The molecule has 1 aliphatic rings. The van der Waals surface area contributed by atoms with E-state index in [-0.39, 0.29) is 41.6 Å². The standard InChI is InChI=1S/C20H20N4O5/c1-2-4-13-10-16-18(20(26)23(13)7-8-25)17(15(11-21)19(22)29-16)12-5-3-6-14(9-12)24(27)28/h3,5-6,9-10,17,25H,2,4,7-8,22H2,1H3. The number of fused-ring (bicyclic) bond motifs is 1. The molecule has 3 N–H and O–H groups in total. The van der Waals surface area contributed by atoms with Crippen LogP contribution in [0.2, 0.25) is 0 Å². The van der Waals surface area contributed by atoms with Crippen LogP contribution in [0, 0.1) is 21.4 Å². The first-order valence-corrected chi connectivity index (χ1v) is 9.12. The van der Waals surface area contributed by atoms with Gasteiger partial charge in [-0.05, 0) is 12.0 Å². The van der Waals surface area contributed by atoms with E-state index >= 15 is 0 Å². The molecule has 9 heteroatoms. The second-order valence-corrected chi connectivity index (χ2v) is 6.62. The summed E-state index contributed by atoms with van der Waals surface area (Å²) < 4.78 is 7.04.